The van der Waals surface area contributed by atoms with Crippen LogP contribution < -0.4 is 5.73 Å². The zero-order valence-corrected chi connectivity index (χ0v) is 18.2. The van der Waals surface area contributed by atoms with E-state index < -0.39 is 0 Å². The van der Waals surface area contributed by atoms with Gasteiger partial charge in [0.25, 0.3) is 5.91 Å². The number of nitrogens with zero attached hydrogens (tertiary/aromatic N) is 3. The van der Waals surface area contributed by atoms with Gasteiger partial charge in [-0.05, 0) is 61.2 Å². The highest BCUT2D eigenvalue weighted by molar-refractivity contribution is 5.98. The molecule has 0 spiro atoms. The second-order valence-corrected chi connectivity index (χ2v) is 7.89. The molecule has 7 heteroatoms. The summed E-state index contributed by atoms with van der Waals surface area (Å²) in [6.07, 6.45) is 5.54. The lowest BCUT2D eigenvalue weighted by atomic mass is 10.0. The fourth-order valence-corrected chi connectivity index (χ4v) is 3.83. The highest BCUT2D eigenvalue weighted by atomic mass is 19.1. The summed E-state index contributed by atoms with van der Waals surface area (Å²) in [7, 11) is 0. The fraction of sp³-hybridized carbons (Fsp3) is 0.240. The van der Waals surface area contributed by atoms with Crippen molar-refractivity contribution in [3.63, 3.8) is 0 Å². The van der Waals surface area contributed by atoms with E-state index in [0.717, 1.165) is 27.6 Å². The monoisotopic (exact) mass is 431 g/mol. The number of amides is 1. The Morgan fingerprint density at radius 2 is 1.88 bits per heavy atom. The van der Waals surface area contributed by atoms with E-state index in [2.05, 4.69) is 15.0 Å². The summed E-state index contributed by atoms with van der Waals surface area (Å²) >= 11 is 0. The number of nitrogens with one attached hydrogen (secondary N) is 1. The number of aromatic amines is 1. The molecule has 0 saturated carbocycles. The van der Waals surface area contributed by atoms with Gasteiger partial charge in [-0.2, -0.15) is 0 Å². The lowest BCUT2D eigenvalue weighted by Gasteiger charge is -2.22. The second kappa shape index (κ2) is 9.28. The number of halogens is 1. The van der Waals surface area contributed by atoms with Crippen molar-refractivity contribution in [1.29, 1.82) is 0 Å². The Labute approximate surface area is 186 Å². The number of benzene rings is 2. The molecule has 1 amide bonds. The van der Waals surface area contributed by atoms with E-state index in [-0.39, 0.29) is 11.7 Å². The van der Waals surface area contributed by atoms with E-state index in [0.29, 0.717) is 37.4 Å². The summed E-state index contributed by atoms with van der Waals surface area (Å²) in [4.78, 5) is 27.1. The third kappa shape index (κ3) is 4.38. The number of aromatic nitrogens is 3. The largest absolute Gasteiger partial charge is 0.361 e. The summed E-state index contributed by atoms with van der Waals surface area (Å²) in [6.45, 7) is 5.22. The van der Waals surface area contributed by atoms with Gasteiger partial charge in [-0.3, -0.25) is 9.78 Å². The lowest BCUT2D eigenvalue weighted by molar-refractivity contribution is 0.0756. The van der Waals surface area contributed by atoms with Crippen LogP contribution in [0.5, 0.6) is 0 Å². The molecule has 2 aromatic heterocycles. The van der Waals surface area contributed by atoms with Gasteiger partial charge in [0.05, 0.1) is 0 Å². The van der Waals surface area contributed by atoms with Gasteiger partial charge in [0, 0.05) is 54.7 Å². The van der Waals surface area contributed by atoms with Crippen LogP contribution in [0, 0.1) is 19.7 Å². The first kappa shape index (κ1) is 21.6. The molecular formula is C25H26FN5O. The van der Waals surface area contributed by atoms with Gasteiger partial charge in [0.2, 0.25) is 0 Å². The van der Waals surface area contributed by atoms with Crippen molar-refractivity contribution in [2.24, 2.45) is 5.73 Å². The lowest BCUT2D eigenvalue weighted by Crippen LogP contribution is -2.37. The second-order valence-electron chi connectivity index (χ2n) is 7.89. The zero-order valence-electron chi connectivity index (χ0n) is 18.2. The van der Waals surface area contributed by atoms with Gasteiger partial charge < -0.3 is 15.6 Å². The van der Waals surface area contributed by atoms with Crippen LogP contribution in [-0.4, -0.2) is 45.4 Å². The summed E-state index contributed by atoms with van der Waals surface area (Å²) in [5, 5.41) is 0.820. The van der Waals surface area contributed by atoms with Crippen LogP contribution in [0.4, 0.5) is 4.39 Å². The van der Waals surface area contributed by atoms with E-state index in [1.165, 1.54) is 23.9 Å². The molecule has 164 valence electrons. The highest BCUT2D eigenvalue weighted by Crippen LogP contribution is 2.24. The Morgan fingerprint density at radius 3 is 2.66 bits per heavy atom. The quantitative estimate of drug-likeness (QED) is 0.463. The fourth-order valence-electron chi connectivity index (χ4n) is 3.83. The number of rotatable bonds is 7. The maximum absolute atomic E-state index is 13.7. The van der Waals surface area contributed by atoms with Crippen molar-refractivity contribution in [1.82, 2.24) is 19.9 Å². The minimum absolute atomic E-state index is 0.220. The first-order valence-corrected chi connectivity index (χ1v) is 10.6. The predicted octanol–water partition coefficient (Wildman–Crippen LogP) is 4.02. The highest BCUT2D eigenvalue weighted by Gasteiger charge is 2.22. The minimum atomic E-state index is -0.286. The zero-order chi connectivity index (χ0) is 22.7. The standard InChI is InChI=1S/C25H26FN5O/c1-16-3-4-18(13-17(16)2)23-24(29-10-9-28-23)25(32)31(12-8-27)11-7-19-15-30-22-6-5-20(26)14-21(19)22/h3-6,9-10,13-15,30H,7-8,11-12,27H2,1-2H3. The average molecular weight is 432 g/mol. The van der Waals surface area contributed by atoms with Crippen molar-refractivity contribution < 1.29 is 9.18 Å². The van der Waals surface area contributed by atoms with Crippen molar-refractivity contribution >= 4 is 16.8 Å². The van der Waals surface area contributed by atoms with Crippen LogP contribution in [0.2, 0.25) is 0 Å². The number of hydrogen-bond donors (Lipinski definition) is 2. The van der Waals surface area contributed by atoms with E-state index in [1.807, 2.05) is 38.2 Å². The first-order chi connectivity index (χ1) is 15.5. The molecule has 3 N–H and O–H groups in total. The van der Waals surface area contributed by atoms with Crippen LogP contribution in [0.3, 0.4) is 0 Å². The van der Waals surface area contributed by atoms with Crippen molar-refractivity contribution in [3.05, 3.63) is 83.2 Å². The van der Waals surface area contributed by atoms with Crippen LogP contribution >= 0.6 is 0 Å². The molecule has 32 heavy (non-hydrogen) atoms. The molecular weight excluding hydrogens is 405 g/mol. The Bertz CT molecular complexity index is 1270. The van der Waals surface area contributed by atoms with Crippen LogP contribution in [-0.2, 0) is 6.42 Å². The molecule has 2 heterocycles. The molecule has 0 radical (unpaired) electrons. The van der Waals surface area contributed by atoms with Gasteiger partial charge in [-0.15, -0.1) is 0 Å². The summed E-state index contributed by atoms with van der Waals surface area (Å²) in [6, 6.07) is 10.6. The molecule has 0 aliphatic heterocycles. The number of carbonyl (C=O) groups excluding carboxylic acids is 1. The van der Waals surface area contributed by atoms with Gasteiger partial charge in [-0.25, -0.2) is 9.37 Å². The molecule has 0 aliphatic rings. The van der Waals surface area contributed by atoms with Crippen molar-refractivity contribution in [2.45, 2.75) is 20.3 Å². The Hall–Kier alpha value is -3.58. The smallest absolute Gasteiger partial charge is 0.274 e. The SMILES string of the molecule is Cc1ccc(-c2nccnc2C(=O)N(CCN)CCc2c[nH]c3ccc(F)cc23)cc1C. The molecule has 0 aliphatic carbocycles. The molecule has 0 fully saturated rings. The van der Waals surface area contributed by atoms with Crippen LogP contribution in [0.15, 0.2) is 55.0 Å². The van der Waals surface area contributed by atoms with E-state index in [9.17, 15) is 9.18 Å². The Morgan fingerprint density at radius 1 is 1.06 bits per heavy atom. The topological polar surface area (TPSA) is 87.9 Å². The average Bonchev–Trinajstić information content (AvgIpc) is 3.20. The van der Waals surface area contributed by atoms with Crippen molar-refractivity contribution in [3.8, 4) is 11.3 Å². The number of fused-ring (bicyclic) bond motifs is 1. The van der Waals surface area contributed by atoms with E-state index >= 15 is 0 Å². The van der Waals surface area contributed by atoms with Gasteiger partial charge in [0.15, 0.2) is 5.69 Å². The normalized spacial score (nSPS) is 11.1. The number of H-pyrrole nitrogens is 1. The summed E-state index contributed by atoms with van der Waals surface area (Å²) in [5.74, 6) is -0.506. The summed E-state index contributed by atoms with van der Waals surface area (Å²) < 4.78 is 13.7. The third-order valence-corrected chi connectivity index (χ3v) is 5.75. The predicted molar refractivity (Wildman–Crippen MR) is 124 cm³/mol. The van der Waals surface area contributed by atoms with Gasteiger partial charge >= 0.3 is 0 Å². The number of hydrogen-bond acceptors (Lipinski definition) is 4. The Kier molecular flexibility index (Phi) is 6.28. The van der Waals surface area contributed by atoms with Crippen LogP contribution in [0.25, 0.3) is 22.2 Å². The molecule has 0 unspecified atom stereocenters. The number of nitrogens with two attached hydrogens (primary N) is 1. The minimum Gasteiger partial charge on any atom is -0.361 e. The van der Waals surface area contributed by atoms with E-state index in [1.54, 1.807) is 17.2 Å². The maximum atomic E-state index is 13.7. The molecule has 6 nitrogen and oxygen atoms in total. The molecule has 4 rings (SSSR count). The molecule has 0 saturated heterocycles. The molecule has 0 bridgehead atoms. The molecule has 4 aromatic rings. The van der Waals surface area contributed by atoms with Crippen molar-refractivity contribution in [2.75, 3.05) is 19.6 Å². The Balaban J connectivity index is 1.61. The first-order valence-electron chi connectivity index (χ1n) is 10.6. The third-order valence-electron chi connectivity index (χ3n) is 5.75. The van der Waals surface area contributed by atoms with Crippen LogP contribution in [0.1, 0.15) is 27.2 Å². The number of carbonyl (C=O) groups is 1. The van der Waals surface area contributed by atoms with E-state index in [4.69, 9.17) is 5.73 Å². The van der Waals surface area contributed by atoms with Gasteiger partial charge in [0.1, 0.15) is 11.5 Å². The molecule has 0 atom stereocenters. The maximum Gasteiger partial charge on any atom is 0.274 e. The number of aryl methyl sites for hydroxylation is 2. The summed E-state index contributed by atoms with van der Waals surface area (Å²) in [5.41, 5.74) is 11.6. The molecule has 2 aromatic carbocycles. The van der Waals surface area contributed by atoms with Gasteiger partial charge in [-0.1, -0.05) is 12.1 Å².